The Morgan fingerprint density at radius 1 is 1.11 bits per heavy atom. The zero-order valence-electron chi connectivity index (χ0n) is 9.45. The third-order valence-corrected chi connectivity index (χ3v) is 3.68. The Morgan fingerprint density at radius 3 is 2.47 bits per heavy atom. The van der Waals surface area contributed by atoms with Gasteiger partial charge in [0.25, 0.3) is 5.91 Å². The van der Waals surface area contributed by atoms with Crippen LogP contribution in [0.15, 0.2) is 36.4 Å². The third kappa shape index (κ3) is 3.52. The van der Waals surface area contributed by atoms with Crippen LogP contribution in [0.3, 0.4) is 0 Å². The van der Waals surface area contributed by atoms with Crippen molar-refractivity contribution in [3.8, 4) is 5.75 Å². The fourth-order valence-corrected chi connectivity index (χ4v) is 2.52. The van der Waals surface area contributed by atoms with Crippen LogP contribution in [-0.4, -0.2) is 11.0 Å². The molecule has 2 N–H and O–H groups in total. The lowest BCUT2D eigenvalue weighted by molar-refractivity contribution is 0.102. The van der Waals surface area contributed by atoms with E-state index in [1.807, 2.05) is 6.07 Å². The number of carbonyl (C=O) groups is 1. The Balaban J connectivity index is 2.23. The highest BCUT2D eigenvalue weighted by atomic mass is 127. The average molecular weight is 408 g/mol. The molecule has 1 amide bonds. The lowest BCUT2D eigenvalue weighted by Crippen LogP contribution is -2.12. The first-order chi connectivity index (χ1) is 8.97. The fraction of sp³-hybridized carbons (Fsp3) is 0. The molecule has 0 heterocycles. The molecule has 0 fully saturated rings. The summed E-state index contributed by atoms with van der Waals surface area (Å²) in [4.78, 5) is 12.0. The van der Waals surface area contributed by atoms with Crippen LogP contribution in [0.5, 0.6) is 5.75 Å². The van der Waals surface area contributed by atoms with Crippen molar-refractivity contribution in [2.75, 3.05) is 5.32 Å². The summed E-state index contributed by atoms with van der Waals surface area (Å²) in [6, 6.07) is 9.56. The van der Waals surface area contributed by atoms with Crippen LogP contribution in [0.25, 0.3) is 0 Å². The van der Waals surface area contributed by atoms with E-state index in [2.05, 4.69) is 27.9 Å². The number of phenols is 1. The Bertz CT molecular complexity index is 647. The van der Waals surface area contributed by atoms with Gasteiger partial charge < -0.3 is 10.4 Å². The number of hydrogen-bond acceptors (Lipinski definition) is 2. The van der Waals surface area contributed by atoms with Crippen molar-refractivity contribution in [2.24, 2.45) is 0 Å². The van der Waals surface area contributed by atoms with E-state index in [0.717, 1.165) is 3.57 Å². The van der Waals surface area contributed by atoms with E-state index in [1.54, 1.807) is 12.1 Å². The van der Waals surface area contributed by atoms with Crippen LogP contribution < -0.4 is 5.32 Å². The maximum Gasteiger partial charge on any atom is 0.255 e. The fourth-order valence-electron chi connectivity index (χ4n) is 1.43. The summed E-state index contributed by atoms with van der Waals surface area (Å²) in [7, 11) is 0. The van der Waals surface area contributed by atoms with Crippen molar-refractivity contribution < 1.29 is 9.90 Å². The number of hydrogen-bond donors (Lipinski definition) is 2. The van der Waals surface area contributed by atoms with E-state index < -0.39 is 0 Å². The molecule has 0 saturated carbocycles. The van der Waals surface area contributed by atoms with Gasteiger partial charge in [0, 0.05) is 9.13 Å². The highest BCUT2D eigenvalue weighted by Gasteiger charge is 2.10. The molecule has 2 aromatic carbocycles. The monoisotopic (exact) mass is 407 g/mol. The minimum absolute atomic E-state index is 0.0643. The van der Waals surface area contributed by atoms with E-state index in [-0.39, 0.29) is 16.7 Å². The lowest BCUT2D eigenvalue weighted by atomic mass is 10.2. The molecule has 3 nitrogen and oxygen atoms in total. The molecule has 0 saturated heterocycles. The highest BCUT2D eigenvalue weighted by molar-refractivity contribution is 14.1. The van der Waals surface area contributed by atoms with E-state index in [1.165, 1.54) is 18.2 Å². The summed E-state index contributed by atoms with van der Waals surface area (Å²) < 4.78 is 0.980. The number of carbonyl (C=O) groups excluding carboxylic acids is 1. The SMILES string of the molecule is O=C(Nc1ccc(I)cc1Cl)c1ccc(O)c(Cl)c1. The van der Waals surface area contributed by atoms with Crippen LogP contribution in [0.1, 0.15) is 10.4 Å². The maximum absolute atomic E-state index is 12.0. The zero-order chi connectivity index (χ0) is 14.0. The molecule has 19 heavy (non-hydrogen) atoms. The van der Waals surface area contributed by atoms with Gasteiger partial charge in [0.2, 0.25) is 0 Å². The molecule has 2 rings (SSSR count). The van der Waals surface area contributed by atoms with Gasteiger partial charge in [-0.1, -0.05) is 23.2 Å². The van der Waals surface area contributed by atoms with E-state index >= 15 is 0 Å². The predicted molar refractivity (Wildman–Crippen MR) is 85.2 cm³/mol. The molecule has 0 spiro atoms. The van der Waals surface area contributed by atoms with Gasteiger partial charge in [-0.2, -0.15) is 0 Å². The van der Waals surface area contributed by atoms with Gasteiger partial charge in [0.15, 0.2) is 0 Å². The summed E-state index contributed by atoms with van der Waals surface area (Å²) in [5.74, 6) is -0.407. The van der Waals surface area contributed by atoms with Gasteiger partial charge in [-0.25, -0.2) is 0 Å². The Kier molecular flexibility index (Phi) is 4.54. The zero-order valence-corrected chi connectivity index (χ0v) is 13.1. The van der Waals surface area contributed by atoms with Crippen LogP contribution in [0, 0.1) is 3.57 Å². The number of nitrogens with one attached hydrogen (secondary N) is 1. The lowest BCUT2D eigenvalue weighted by Gasteiger charge is -2.08. The number of rotatable bonds is 2. The molecule has 0 atom stereocenters. The minimum atomic E-state index is -0.343. The Labute approximate surface area is 133 Å². The molecule has 0 aliphatic rings. The standard InChI is InChI=1S/C13H8Cl2INO2/c14-9-6-8(16)2-3-11(9)17-13(19)7-1-4-12(18)10(15)5-7/h1-6,18H,(H,17,19). The van der Waals surface area contributed by atoms with Crippen molar-refractivity contribution in [1.82, 2.24) is 0 Å². The summed E-state index contributed by atoms with van der Waals surface area (Å²) >= 11 is 13.9. The van der Waals surface area contributed by atoms with Crippen molar-refractivity contribution in [3.05, 3.63) is 55.6 Å². The summed E-state index contributed by atoms with van der Waals surface area (Å²) in [6.45, 7) is 0. The van der Waals surface area contributed by atoms with Gasteiger partial charge in [0.1, 0.15) is 5.75 Å². The van der Waals surface area contributed by atoms with Gasteiger partial charge in [-0.3, -0.25) is 4.79 Å². The van der Waals surface area contributed by atoms with Crippen LogP contribution in [0.4, 0.5) is 5.69 Å². The smallest absolute Gasteiger partial charge is 0.255 e. The van der Waals surface area contributed by atoms with Crippen LogP contribution in [0.2, 0.25) is 10.0 Å². The first-order valence-electron chi connectivity index (χ1n) is 5.22. The van der Waals surface area contributed by atoms with Crippen molar-refractivity contribution in [1.29, 1.82) is 0 Å². The highest BCUT2D eigenvalue weighted by Crippen LogP contribution is 2.26. The molecular weight excluding hydrogens is 400 g/mol. The second kappa shape index (κ2) is 5.98. The molecule has 0 aliphatic carbocycles. The summed E-state index contributed by atoms with van der Waals surface area (Å²) in [5, 5.41) is 12.6. The topological polar surface area (TPSA) is 49.3 Å². The molecular formula is C13H8Cl2INO2. The van der Waals surface area contributed by atoms with Gasteiger partial charge in [0.05, 0.1) is 15.7 Å². The number of benzene rings is 2. The number of phenolic OH excluding ortho intramolecular Hbond substituents is 1. The third-order valence-electron chi connectivity index (χ3n) is 2.39. The van der Waals surface area contributed by atoms with Gasteiger partial charge in [-0.05, 0) is 59.0 Å². The van der Waals surface area contributed by atoms with Crippen molar-refractivity contribution in [2.45, 2.75) is 0 Å². The van der Waals surface area contributed by atoms with Crippen LogP contribution >= 0.6 is 45.8 Å². The van der Waals surface area contributed by atoms with E-state index in [4.69, 9.17) is 23.2 Å². The number of amides is 1. The molecule has 0 unspecified atom stereocenters. The first kappa shape index (κ1) is 14.4. The number of halogens is 3. The summed E-state index contributed by atoms with van der Waals surface area (Å²) in [6.07, 6.45) is 0. The molecule has 6 heteroatoms. The second-order valence-electron chi connectivity index (χ2n) is 3.74. The van der Waals surface area contributed by atoms with Gasteiger partial charge in [-0.15, -0.1) is 0 Å². The molecule has 98 valence electrons. The Morgan fingerprint density at radius 2 is 1.84 bits per heavy atom. The van der Waals surface area contributed by atoms with Crippen molar-refractivity contribution in [3.63, 3.8) is 0 Å². The average Bonchev–Trinajstić information content (AvgIpc) is 2.36. The normalized spacial score (nSPS) is 10.3. The largest absolute Gasteiger partial charge is 0.506 e. The first-order valence-corrected chi connectivity index (χ1v) is 7.06. The van der Waals surface area contributed by atoms with Gasteiger partial charge >= 0.3 is 0 Å². The predicted octanol–water partition coefficient (Wildman–Crippen LogP) is 4.56. The Hall–Kier alpha value is -0.980. The molecule has 0 bridgehead atoms. The van der Waals surface area contributed by atoms with Crippen molar-refractivity contribution >= 4 is 57.4 Å². The van der Waals surface area contributed by atoms with Crippen LogP contribution in [-0.2, 0) is 0 Å². The molecule has 2 aromatic rings. The quantitative estimate of drug-likeness (QED) is 0.717. The molecule has 0 aromatic heterocycles. The summed E-state index contributed by atoms with van der Waals surface area (Å²) in [5.41, 5.74) is 0.869. The molecule has 0 aliphatic heterocycles. The minimum Gasteiger partial charge on any atom is -0.506 e. The second-order valence-corrected chi connectivity index (χ2v) is 5.80. The number of anilines is 1. The molecule has 0 radical (unpaired) electrons. The number of aromatic hydroxyl groups is 1. The van der Waals surface area contributed by atoms with E-state index in [0.29, 0.717) is 16.3 Å². The maximum atomic E-state index is 12.0. The van der Waals surface area contributed by atoms with E-state index in [9.17, 15) is 9.90 Å².